The van der Waals surface area contributed by atoms with Gasteiger partial charge in [-0.3, -0.25) is 4.79 Å². The number of para-hydroxylation sites is 1. The van der Waals surface area contributed by atoms with E-state index >= 15 is 0 Å². The first-order chi connectivity index (χ1) is 11.0. The fourth-order valence-corrected chi connectivity index (χ4v) is 2.77. The van der Waals surface area contributed by atoms with Crippen molar-refractivity contribution >= 4 is 16.8 Å². The second-order valence-electron chi connectivity index (χ2n) is 6.43. The number of amides is 1. The minimum atomic E-state index is 0.0849. The minimum absolute atomic E-state index is 0.0849. The first kappa shape index (κ1) is 17.1. The topological polar surface area (TPSA) is 49.0 Å². The van der Waals surface area contributed by atoms with Crippen LogP contribution in [0.3, 0.4) is 0 Å². The number of carbonyl (C=O) groups excluding carboxylic acids is 1. The zero-order chi connectivity index (χ0) is 16.8. The Morgan fingerprint density at radius 2 is 2.04 bits per heavy atom. The molecule has 0 N–H and O–H groups in total. The van der Waals surface area contributed by atoms with Gasteiger partial charge in [-0.25, -0.2) is 0 Å². The molecule has 0 atom stereocenters. The summed E-state index contributed by atoms with van der Waals surface area (Å²) in [5.74, 6) is 0.628. The van der Waals surface area contributed by atoms with Gasteiger partial charge in [0, 0.05) is 30.2 Å². The third-order valence-electron chi connectivity index (χ3n) is 4.12. The summed E-state index contributed by atoms with van der Waals surface area (Å²) in [5.41, 5.74) is 2.27. The van der Waals surface area contributed by atoms with Gasteiger partial charge in [0.1, 0.15) is 6.54 Å². The van der Waals surface area contributed by atoms with Crippen LogP contribution in [0.2, 0.25) is 0 Å². The highest BCUT2D eigenvalue weighted by atomic mass is 16.2. The van der Waals surface area contributed by atoms with E-state index in [4.69, 9.17) is 5.26 Å². The van der Waals surface area contributed by atoms with Crippen molar-refractivity contribution in [2.24, 2.45) is 5.92 Å². The van der Waals surface area contributed by atoms with E-state index in [1.54, 1.807) is 0 Å². The van der Waals surface area contributed by atoms with Crippen LogP contribution in [0.1, 0.15) is 32.3 Å². The molecule has 1 amide bonds. The summed E-state index contributed by atoms with van der Waals surface area (Å²) in [5, 5.41) is 10.0. The number of aryl methyl sites for hydroxylation is 1. The van der Waals surface area contributed by atoms with E-state index in [-0.39, 0.29) is 5.91 Å². The van der Waals surface area contributed by atoms with Crippen molar-refractivity contribution in [1.29, 1.82) is 5.26 Å². The molecule has 0 radical (unpaired) electrons. The predicted molar refractivity (Wildman–Crippen MR) is 92.9 cm³/mol. The molecular weight excluding hydrogens is 286 g/mol. The van der Waals surface area contributed by atoms with Crippen LogP contribution >= 0.6 is 0 Å². The third-order valence-corrected chi connectivity index (χ3v) is 4.12. The van der Waals surface area contributed by atoms with Crippen molar-refractivity contribution < 1.29 is 4.79 Å². The molecular formula is C19H25N3O. The fourth-order valence-electron chi connectivity index (χ4n) is 2.77. The Morgan fingerprint density at radius 3 is 2.74 bits per heavy atom. The molecule has 2 rings (SSSR count). The van der Waals surface area contributed by atoms with Crippen LogP contribution in [-0.2, 0) is 11.3 Å². The minimum Gasteiger partial charge on any atom is -0.340 e. The quantitative estimate of drug-likeness (QED) is 0.782. The number of hydrogen-bond donors (Lipinski definition) is 0. The van der Waals surface area contributed by atoms with E-state index in [1.165, 1.54) is 10.9 Å². The van der Waals surface area contributed by atoms with Crippen LogP contribution in [0.15, 0.2) is 30.5 Å². The van der Waals surface area contributed by atoms with Crippen molar-refractivity contribution in [2.75, 3.05) is 13.1 Å². The van der Waals surface area contributed by atoms with Crippen LogP contribution in [0.5, 0.6) is 0 Å². The van der Waals surface area contributed by atoms with Crippen LogP contribution in [-0.4, -0.2) is 28.5 Å². The van der Waals surface area contributed by atoms with Gasteiger partial charge in [0.2, 0.25) is 5.91 Å². The molecule has 0 unspecified atom stereocenters. The Bertz CT molecular complexity index is 709. The van der Waals surface area contributed by atoms with Gasteiger partial charge in [0.15, 0.2) is 0 Å². The molecule has 0 saturated heterocycles. The van der Waals surface area contributed by atoms with Gasteiger partial charge >= 0.3 is 0 Å². The van der Waals surface area contributed by atoms with Crippen LogP contribution in [0.4, 0.5) is 0 Å². The molecule has 0 aliphatic rings. The normalized spacial score (nSPS) is 10.9. The number of aromatic nitrogens is 1. The SMILES string of the molecule is Cc1cn(CC(=O)N(CCC#N)CCC(C)C)c2ccccc12. The Labute approximate surface area is 138 Å². The number of carbonyl (C=O) groups is 1. The van der Waals surface area contributed by atoms with Crippen molar-refractivity contribution in [1.82, 2.24) is 9.47 Å². The van der Waals surface area contributed by atoms with Gasteiger partial charge in [-0.15, -0.1) is 0 Å². The van der Waals surface area contributed by atoms with Crippen molar-refractivity contribution in [2.45, 2.75) is 40.2 Å². The second kappa shape index (κ2) is 7.82. The molecule has 4 heteroatoms. The fraction of sp³-hybridized carbons (Fsp3) is 0.474. The third kappa shape index (κ3) is 4.35. The van der Waals surface area contributed by atoms with E-state index in [9.17, 15) is 4.79 Å². The summed E-state index contributed by atoms with van der Waals surface area (Å²) < 4.78 is 2.02. The number of fused-ring (bicyclic) bond motifs is 1. The highest BCUT2D eigenvalue weighted by Gasteiger charge is 2.15. The van der Waals surface area contributed by atoms with Crippen LogP contribution in [0, 0.1) is 24.2 Å². The van der Waals surface area contributed by atoms with Gasteiger partial charge < -0.3 is 9.47 Å². The van der Waals surface area contributed by atoms with Gasteiger partial charge in [0.05, 0.1) is 12.5 Å². The first-order valence-electron chi connectivity index (χ1n) is 8.22. The largest absolute Gasteiger partial charge is 0.340 e. The summed E-state index contributed by atoms with van der Waals surface area (Å²) in [6, 6.07) is 10.3. The summed E-state index contributed by atoms with van der Waals surface area (Å²) >= 11 is 0. The number of nitrogens with zero attached hydrogens (tertiary/aromatic N) is 3. The average Bonchev–Trinajstić information content (AvgIpc) is 2.84. The molecule has 122 valence electrons. The van der Waals surface area contributed by atoms with Gasteiger partial charge in [-0.2, -0.15) is 5.26 Å². The molecule has 0 aliphatic heterocycles. The highest BCUT2D eigenvalue weighted by Crippen LogP contribution is 2.20. The maximum Gasteiger partial charge on any atom is 0.242 e. The first-order valence-corrected chi connectivity index (χ1v) is 8.22. The molecule has 23 heavy (non-hydrogen) atoms. The maximum atomic E-state index is 12.7. The number of hydrogen-bond acceptors (Lipinski definition) is 2. The molecule has 2 aromatic rings. The summed E-state index contributed by atoms with van der Waals surface area (Å²) in [7, 11) is 0. The van der Waals surface area contributed by atoms with E-state index < -0.39 is 0 Å². The van der Waals surface area contributed by atoms with Crippen molar-refractivity contribution in [3.8, 4) is 6.07 Å². The Morgan fingerprint density at radius 1 is 1.30 bits per heavy atom. The maximum absolute atomic E-state index is 12.7. The smallest absolute Gasteiger partial charge is 0.242 e. The highest BCUT2D eigenvalue weighted by molar-refractivity contribution is 5.86. The Balaban J connectivity index is 2.14. The van der Waals surface area contributed by atoms with Crippen LogP contribution in [0.25, 0.3) is 10.9 Å². The molecule has 1 aromatic heterocycles. The van der Waals surface area contributed by atoms with E-state index in [2.05, 4.69) is 32.9 Å². The summed E-state index contributed by atoms with van der Waals surface area (Å²) in [6.07, 6.45) is 3.38. The van der Waals surface area contributed by atoms with Crippen molar-refractivity contribution in [3.05, 3.63) is 36.0 Å². The van der Waals surface area contributed by atoms with E-state index in [0.717, 1.165) is 18.5 Å². The second-order valence-corrected chi connectivity index (χ2v) is 6.43. The van der Waals surface area contributed by atoms with Crippen LogP contribution < -0.4 is 0 Å². The Hall–Kier alpha value is -2.28. The predicted octanol–water partition coefficient (Wildman–Crippen LogP) is 3.74. The molecule has 1 heterocycles. The lowest BCUT2D eigenvalue weighted by atomic mass is 10.1. The standard InChI is InChI=1S/C19H25N3O/c1-15(2)9-12-21(11-6-10-20)19(23)14-22-13-16(3)17-7-4-5-8-18(17)22/h4-5,7-8,13,15H,6,9,11-12,14H2,1-3H3. The lowest BCUT2D eigenvalue weighted by molar-refractivity contribution is -0.131. The lowest BCUT2D eigenvalue weighted by Gasteiger charge is -2.23. The molecule has 0 saturated carbocycles. The average molecular weight is 311 g/mol. The zero-order valence-corrected chi connectivity index (χ0v) is 14.2. The van der Waals surface area contributed by atoms with E-state index in [0.29, 0.717) is 25.4 Å². The van der Waals surface area contributed by atoms with E-state index in [1.807, 2.05) is 33.9 Å². The Kier molecular flexibility index (Phi) is 5.81. The zero-order valence-electron chi connectivity index (χ0n) is 14.2. The van der Waals surface area contributed by atoms with Gasteiger partial charge in [0.25, 0.3) is 0 Å². The molecule has 0 aliphatic carbocycles. The van der Waals surface area contributed by atoms with Gasteiger partial charge in [-0.1, -0.05) is 32.0 Å². The molecule has 0 bridgehead atoms. The summed E-state index contributed by atoms with van der Waals surface area (Å²) in [6.45, 7) is 7.93. The van der Waals surface area contributed by atoms with Gasteiger partial charge in [-0.05, 0) is 30.9 Å². The number of benzene rings is 1. The summed E-state index contributed by atoms with van der Waals surface area (Å²) in [4.78, 5) is 14.5. The molecule has 4 nitrogen and oxygen atoms in total. The molecule has 1 aromatic carbocycles. The van der Waals surface area contributed by atoms with Crippen molar-refractivity contribution in [3.63, 3.8) is 0 Å². The molecule has 0 fully saturated rings. The molecule has 0 spiro atoms. The number of nitriles is 1. The monoisotopic (exact) mass is 311 g/mol. The lowest BCUT2D eigenvalue weighted by Crippen LogP contribution is -2.35. The number of rotatable bonds is 7.